The van der Waals surface area contributed by atoms with Crippen molar-refractivity contribution in [3.8, 4) is 22.3 Å². The Hall–Kier alpha value is -6.58. The molecule has 0 aliphatic carbocycles. The van der Waals surface area contributed by atoms with Crippen molar-refractivity contribution in [2.75, 3.05) is 99.0 Å². The lowest BCUT2D eigenvalue weighted by atomic mass is 10.0. The van der Waals surface area contributed by atoms with Gasteiger partial charge in [-0.05, 0) is 146 Å². The van der Waals surface area contributed by atoms with E-state index in [-0.39, 0.29) is 0 Å². The Kier molecular flexibility index (Phi) is 15.9. The van der Waals surface area contributed by atoms with Gasteiger partial charge in [0, 0.05) is 151 Å². The van der Waals surface area contributed by atoms with Crippen LogP contribution in [0.4, 0.5) is 34.6 Å². The average molecular weight is 993 g/mol. The van der Waals surface area contributed by atoms with Gasteiger partial charge in [0.15, 0.2) is 0 Å². The summed E-state index contributed by atoms with van der Waals surface area (Å²) in [5.41, 5.74) is 9.01. The molecule has 0 amide bonds. The highest BCUT2D eigenvalue weighted by atomic mass is 16.1. The topological polar surface area (TPSA) is 129 Å². The number of aromatic nitrogens is 4. The van der Waals surface area contributed by atoms with Crippen LogP contribution in [0.3, 0.4) is 0 Å². The van der Waals surface area contributed by atoms with Crippen molar-refractivity contribution in [3.63, 3.8) is 0 Å². The van der Waals surface area contributed by atoms with Crippen LogP contribution in [0.2, 0.25) is 0 Å². The molecule has 0 radical (unpaired) electrons. The normalized spacial score (nSPS) is 24.5. The SMILES string of the molecule is O=C1CCCC2CCCN2c2ccc(cn2)-c2ccnc(c2)Nc2cccc(c2)CN2CCN(CC2)C1.O=C1CCCC2CCCN2c2ccc(cn2)-c2ccnc(c2)Nc2cccc(c2)CN2CCN(CC2)C1. The Balaban J connectivity index is 0.000000159. The van der Waals surface area contributed by atoms with Crippen molar-refractivity contribution in [2.24, 2.45) is 0 Å². The highest BCUT2D eigenvalue weighted by molar-refractivity contribution is 5.81. The number of carbonyl (C=O) groups is 2. The molecule has 18 rings (SSSR count). The third-order valence-electron chi connectivity index (χ3n) is 16.0. The molecule has 74 heavy (non-hydrogen) atoms. The maximum atomic E-state index is 12.7. The van der Waals surface area contributed by atoms with Crippen LogP contribution in [0, 0.1) is 0 Å². The lowest BCUT2D eigenvalue weighted by molar-refractivity contribution is -0.121. The van der Waals surface area contributed by atoms with E-state index in [0.29, 0.717) is 49.6 Å². The first-order chi connectivity index (χ1) is 36.4. The number of nitrogens with zero attached hydrogens (tertiary/aromatic N) is 10. The highest BCUT2D eigenvalue weighted by Crippen LogP contribution is 2.32. The molecule has 14 nitrogen and oxygen atoms in total. The van der Waals surface area contributed by atoms with Crippen molar-refractivity contribution in [1.82, 2.24) is 39.5 Å². The first kappa shape index (κ1) is 49.6. The van der Waals surface area contributed by atoms with Crippen molar-refractivity contribution in [2.45, 2.75) is 89.4 Å². The van der Waals surface area contributed by atoms with Gasteiger partial charge in [-0.3, -0.25) is 29.2 Å². The van der Waals surface area contributed by atoms with Crippen molar-refractivity contribution < 1.29 is 9.59 Å². The number of anilines is 6. The molecule has 12 aliphatic rings. The maximum absolute atomic E-state index is 12.7. The second kappa shape index (κ2) is 23.7. The zero-order valence-corrected chi connectivity index (χ0v) is 43.0. The zero-order chi connectivity index (χ0) is 50.1. The molecule has 12 aliphatic heterocycles. The van der Waals surface area contributed by atoms with Gasteiger partial charge in [0.1, 0.15) is 34.8 Å². The van der Waals surface area contributed by atoms with Crippen LogP contribution >= 0.6 is 0 Å². The summed E-state index contributed by atoms with van der Waals surface area (Å²) in [5.74, 6) is 4.50. The molecule has 6 aromatic rings. The zero-order valence-electron chi connectivity index (χ0n) is 43.0. The van der Waals surface area contributed by atoms with Crippen molar-refractivity contribution >= 4 is 46.2 Å². The third kappa shape index (κ3) is 12.8. The van der Waals surface area contributed by atoms with E-state index >= 15 is 0 Å². The van der Waals surface area contributed by atoms with Crippen LogP contribution in [0.25, 0.3) is 22.3 Å². The standard InChI is InChI=1S/2C30H36N6O/c2*37-28-8-2-6-27-7-3-13-36(27)30-10-9-25(20-32-30)24-11-12-31-29(19-24)33-26-5-1-4-23(18-26)21-34-14-16-35(22-28)17-15-34/h2*1,4-5,9-12,18-20,27H,2-3,6-8,13-17,21-22H2,(H,31,33). The van der Waals surface area contributed by atoms with Crippen LogP contribution in [0.5, 0.6) is 0 Å². The molecule has 2 unspecified atom stereocenters. The molecule has 4 aromatic heterocycles. The second-order valence-electron chi connectivity index (χ2n) is 21.3. The van der Waals surface area contributed by atoms with E-state index in [0.717, 1.165) is 161 Å². The number of nitrogens with one attached hydrogen (secondary N) is 2. The summed E-state index contributed by atoms with van der Waals surface area (Å²) < 4.78 is 0. The minimum absolute atomic E-state index is 0.382. The summed E-state index contributed by atoms with van der Waals surface area (Å²) in [4.78, 5) is 58.8. The van der Waals surface area contributed by atoms with E-state index in [2.05, 4.69) is 135 Å². The van der Waals surface area contributed by atoms with Gasteiger partial charge in [0.2, 0.25) is 0 Å². The van der Waals surface area contributed by atoms with Gasteiger partial charge in [-0.15, -0.1) is 0 Å². The van der Waals surface area contributed by atoms with Crippen LogP contribution in [0.1, 0.15) is 75.3 Å². The number of hydrogen-bond acceptors (Lipinski definition) is 14. The summed E-state index contributed by atoms with van der Waals surface area (Å²) >= 11 is 0. The van der Waals surface area contributed by atoms with E-state index in [1.165, 1.54) is 36.8 Å². The number of piperazine rings is 2. The van der Waals surface area contributed by atoms with Crippen LogP contribution < -0.4 is 20.4 Å². The van der Waals surface area contributed by atoms with Crippen LogP contribution in [-0.4, -0.2) is 142 Å². The molecular weight excluding hydrogens is 921 g/mol. The van der Waals surface area contributed by atoms with E-state index < -0.39 is 0 Å². The second-order valence-corrected chi connectivity index (χ2v) is 21.3. The Bertz CT molecular complexity index is 2630. The number of ketones is 2. The fraction of sp³-hybridized carbons (Fsp3) is 0.433. The lowest BCUT2D eigenvalue weighted by Crippen LogP contribution is -2.47. The number of pyridine rings is 4. The van der Waals surface area contributed by atoms with Gasteiger partial charge < -0.3 is 20.4 Å². The summed E-state index contributed by atoms with van der Waals surface area (Å²) in [6.45, 7) is 12.9. The molecule has 2 aromatic carbocycles. The molecule has 2 N–H and O–H groups in total. The van der Waals surface area contributed by atoms with Crippen LogP contribution in [-0.2, 0) is 22.7 Å². The van der Waals surface area contributed by atoms with E-state index in [1.807, 2.05) is 36.9 Å². The average Bonchev–Trinajstić information content (AvgIpc) is 4.10. The minimum atomic E-state index is 0.382. The number of carbonyl (C=O) groups excluding carboxylic acids is 2. The molecule has 4 saturated heterocycles. The van der Waals surface area contributed by atoms with Gasteiger partial charge >= 0.3 is 0 Å². The Labute approximate surface area is 437 Å². The minimum Gasteiger partial charge on any atom is -0.354 e. The molecular formula is C60H72N12O2. The number of rotatable bonds is 0. The van der Waals surface area contributed by atoms with Gasteiger partial charge in [0.05, 0.1) is 13.1 Å². The quantitative estimate of drug-likeness (QED) is 0.150. The molecule has 4 fully saturated rings. The fourth-order valence-corrected chi connectivity index (χ4v) is 11.9. The number of hydrogen-bond donors (Lipinski definition) is 2. The summed E-state index contributed by atoms with van der Waals surface area (Å²) in [6, 6.07) is 35.0. The molecule has 2 atom stereocenters. The predicted octanol–water partition coefficient (Wildman–Crippen LogP) is 9.45. The first-order valence-electron chi connectivity index (χ1n) is 27.4. The van der Waals surface area contributed by atoms with Crippen LogP contribution in [0.15, 0.2) is 122 Å². The lowest BCUT2D eigenvalue weighted by Gasteiger charge is -2.34. The maximum Gasteiger partial charge on any atom is 0.146 e. The fourth-order valence-electron chi connectivity index (χ4n) is 11.9. The van der Waals surface area contributed by atoms with Crippen molar-refractivity contribution in [3.05, 3.63) is 133 Å². The molecule has 384 valence electrons. The van der Waals surface area contributed by atoms with E-state index in [1.54, 1.807) is 0 Å². The molecule has 14 heteroatoms. The smallest absolute Gasteiger partial charge is 0.146 e. The first-order valence-corrected chi connectivity index (χ1v) is 27.4. The largest absolute Gasteiger partial charge is 0.354 e. The molecule has 16 heterocycles. The number of benzene rings is 2. The molecule has 0 saturated carbocycles. The van der Waals surface area contributed by atoms with Gasteiger partial charge in [0.25, 0.3) is 0 Å². The summed E-state index contributed by atoms with van der Waals surface area (Å²) in [6.07, 6.45) is 17.8. The Morgan fingerprint density at radius 2 is 0.824 bits per heavy atom. The predicted molar refractivity (Wildman–Crippen MR) is 296 cm³/mol. The summed E-state index contributed by atoms with van der Waals surface area (Å²) in [5, 5.41) is 6.99. The van der Waals surface area contributed by atoms with Gasteiger partial charge in [-0.2, -0.15) is 0 Å². The number of Topliss-reactive ketones (excluding diaryl/α,β-unsaturated/α-hetero) is 2. The van der Waals surface area contributed by atoms with E-state index in [4.69, 9.17) is 9.97 Å². The molecule has 0 spiro atoms. The van der Waals surface area contributed by atoms with Crippen molar-refractivity contribution in [1.29, 1.82) is 0 Å². The monoisotopic (exact) mass is 993 g/mol. The van der Waals surface area contributed by atoms with Gasteiger partial charge in [-0.1, -0.05) is 24.3 Å². The Morgan fingerprint density at radius 3 is 1.24 bits per heavy atom. The molecule has 16 bridgehead atoms. The highest BCUT2D eigenvalue weighted by Gasteiger charge is 2.28. The van der Waals surface area contributed by atoms with E-state index in [9.17, 15) is 9.59 Å². The Morgan fingerprint density at radius 1 is 0.405 bits per heavy atom. The third-order valence-corrected chi connectivity index (χ3v) is 16.0. The van der Waals surface area contributed by atoms with Gasteiger partial charge in [-0.25, -0.2) is 19.9 Å². The summed E-state index contributed by atoms with van der Waals surface area (Å²) in [7, 11) is 0.